The van der Waals surface area contributed by atoms with Gasteiger partial charge >= 0.3 is 5.97 Å². The summed E-state index contributed by atoms with van der Waals surface area (Å²) in [4.78, 5) is 15.1. The number of hydrogen-bond acceptors (Lipinski definition) is 6. The standard InChI is InChI=1S/C11H12N2O4S/c1-17-11(14)10-6-8(2-4-12-10)13-9-3-5-18(15,16)7-9/h2-6,9H,7H2,1H3,(H,12,13). The number of pyridine rings is 1. The summed E-state index contributed by atoms with van der Waals surface area (Å²) in [7, 11) is -1.82. The third-order valence-electron chi connectivity index (χ3n) is 2.44. The summed E-state index contributed by atoms with van der Waals surface area (Å²) in [6.07, 6.45) is 3.04. The highest BCUT2D eigenvalue weighted by atomic mass is 32.2. The third kappa shape index (κ3) is 2.86. The van der Waals surface area contributed by atoms with Crippen molar-refractivity contribution in [2.45, 2.75) is 6.04 Å². The zero-order chi connectivity index (χ0) is 13.2. The second-order valence-corrected chi connectivity index (χ2v) is 5.76. The molecule has 0 radical (unpaired) electrons. The molecule has 1 N–H and O–H groups in total. The van der Waals surface area contributed by atoms with Gasteiger partial charge in [-0.3, -0.25) is 0 Å². The van der Waals surface area contributed by atoms with E-state index < -0.39 is 15.8 Å². The first-order valence-corrected chi connectivity index (χ1v) is 6.93. The minimum Gasteiger partial charge on any atom is -0.464 e. The lowest BCUT2D eigenvalue weighted by Crippen LogP contribution is -2.21. The molecule has 0 spiro atoms. The zero-order valence-corrected chi connectivity index (χ0v) is 10.5. The molecule has 0 aliphatic carbocycles. The molecule has 6 nitrogen and oxygen atoms in total. The zero-order valence-electron chi connectivity index (χ0n) is 9.66. The van der Waals surface area contributed by atoms with Crippen molar-refractivity contribution in [3.63, 3.8) is 0 Å². The van der Waals surface area contributed by atoms with Gasteiger partial charge in [0.25, 0.3) is 0 Å². The Balaban J connectivity index is 2.11. The van der Waals surface area contributed by atoms with E-state index >= 15 is 0 Å². The molecule has 0 aromatic carbocycles. The van der Waals surface area contributed by atoms with Crippen LogP contribution in [0.25, 0.3) is 0 Å². The molecule has 2 rings (SSSR count). The van der Waals surface area contributed by atoms with Crippen LogP contribution in [0.2, 0.25) is 0 Å². The summed E-state index contributed by atoms with van der Waals surface area (Å²) in [5.41, 5.74) is 0.796. The lowest BCUT2D eigenvalue weighted by atomic mass is 10.2. The van der Waals surface area contributed by atoms with Crippen LogP contribution >= 0.6 is 0 Å². The summed E-state index contributed by atoms with van der Waals surface area (Å²) in [6.45, 7) is 0. The Morgan fingerprint density at radius 3 is 2.94 bits per heavy atom. The lowest BCUT2D eigenvalue weighted by molar-refractivity contribution is 0.0594. The predicted molar refractivity (Wildman–Crippen MR) is 65.9 cm³/mol. The number of ether oxygens (including phenoxy) is 1. The van der Waals surface area contributed by atoms with Gasteiger partial charge in [0, 0.05) is 17.3 Å². The van der Waals surface area contributed by atoms with Crippen LogP contribution in [-0.4, -0.2) is 38.3 Å². The van der Waals surface area contributed by atoms with Crippen molar-refractivity contribution < 1.29 is 17.9 Å². The maximum absolute atomic E-state index is 11.3. The fourth-order valence-corrected chi connectivity index (χ4v) is 2.85. The monoisotopic (exact) mass is 268 g/mol. The van der Waals surface area contributed by atoms with Crippen LogP contribution in [0.3, 0.4) is 0 Å². The van der Waals surface area contributed by atoms with Gasteiger partial charge in [0.1, 0.15) is 5.69 Å². The van der Waals surface area contributed by atoms with E-state index in [4.69, 9.17) is 0 Å². The molecule has 1 aliphatic rings. The quantitative estimate of drug-likeness (QED) is 0.808. The van der Waals surface area contributed by atoms with Gasteiger partial charge in [-0.2, -0.15) is 0 Å². The van der Waals surface area contributed by atoms with Gasteiger partial charge in [-0.1, -0.05) is 6.08 Å². The number of rotatable bonds is 3. The van der Waals surface area contributed by atoms with Crippen molar-refractivity contribution in [1.29, 1.82) is 0 Å². The van der Waals surface area contributed by atoms with Crippen LogP contribution < -0.4 is 5.32 Å². The van der Waals surface area contributed by atoms with E-state index in [9.17, 15) is 13.2 Å². The van der Waals surface area contributed by atoms with Crippen molar-refractivity contribution in [3.8, 4) is 0 Å². The maximum atomic E-state index is 11.3. The Bertz CT molecular complexity index is 595. The van der Waals surface area contributed by atoms with E-state index in [1.165, 1.54) is 24.8 Å². The summed E-state index contributed by atoms with van der Waals surface area (Å²) in [5, 5.41) is 4.19. The Labute approximate surface area is 105 Å². The fourth-order valence-electron chi connectivity index (χ4n) is 1.62. The minimum absolute atomic E-state index is 0.0167. The number of nitrogens with one attached hydrogen (secondary N) is 1. The summed E-state index contributed by atoms with van der Waals surface area (Å²) < 4.78 is 27.0. The lowest BCUT2D eigenvalue weighted by Gasteiger charge is -2.11. The molecular weight excluding hydrogens is 256 g/mol. The second-order valence-electron chi connectivity index (χ2n) is 3.83. The fraction of sp³-hybridized carbons (Fsp3) is 0.273. The van der Waals surface area contributed by atoms with Crippen molar-refractivity contribution in [1.82, 2.24) is 4.98 Å². The first-order chi connectivity index (χ1) is 8.50. The number of sulfone groups is 1. The average Bonchev–Trinajstić information content (AvgIpc) is 2.68. The van der Waals surface area contributed by atoms with Crippen LogP contribution in [0.5, 0.6) is 0 Å². The van der Waals surface area contributed by atoms with Gasteiger partial charge < -0.3 is 10.1 Å². The number of methoxy groups -OCH3 is 1. The number of esters is 1. The molecule has 2 heterocycles. The SMILES string of the molecule is COC(=O)c1cc(NC2C=CS(=O)(=O)C2)ccn1. The highest BCUT2D eigenvalue weighted by Crippen LogP contribution is 2.15. The van der Waals surface area contributed by atoms with E-state index in [1.807, 2.05) is 0 Å². The molecule has 0 fully saturated rings. The Kier molecular flexibility index (Phi) is 3.33. The number of carbonyl (C=O) groups excluding carboxylic acids is 1. The first kappa shape index (κ1) is 12.6. The summed E-state index contributed by atoms with van der Waals surface area (Å²) in [6, 6.07) is 2.89. The van der Waals surface area contributed by atoms with Gasteiger partial charge in [-0.05, 0) is 12.1 Å². The number of carbonyl (C=O) groups is 1. The predicted octanol–water partition coefficient (Wildman–Crippen LogP) is 0.591. The van der Waals surface area contributed by atoms with Crippen molar-refractivity contribution >= 4 is 21.5 Å². The topological polar surface area (TPSA) is 85.4 Å². The van der Waals surface area contributed by atoms with Crippen LogP contribution in [0.4, 0.5) is 5.69 Å². The molecule has 7 heteroatoms. The van der Waals surface area contributed by atoms with Gasteiger partial charge in [-0.25, -0.2) is 18.2 Å². The highest BCUT2D eigenvalue weighted by Gasteiger charge is 2.21. The third-order valence-corrected chi connectivity index (χ3v) is 3.83. The smallest absolute Gasteiger partial charge is 0.356 e. The molecule has 96 valence electrons. The van der Waals surface area contributed by atoms with E-state index in [1.54, 1.807) is 12.1 Å². The summed E-state index contributed by atoms with van der Waals surface area (Å²) in [5.74, 6) is -0.517. The molecule has 0 saturated heterocycles. The summed E-state index contributed by atoms with van der Waals surface area (Å²) >= 11 is 0. The van der Waals surface area contributed by atoms with Crippen molar-refractivity contribution in [3.05, 3.63) is 35.5 Å². The molecule has 1 unspecified atom stereocenters. The van der Waals surface area contributed by atoms with E-state index in [0.29, 0.717) is 5.69 Å². The Morgan fingerprint density at radius 2 is 2.33 bits per heavy atom. The highest BCUT2D eigenvalue weighted by molar-refractivity contribution is 7.94. The van der Waals surface area contributed by atoms with Gasteiger partial charge in [-0.15, -0.1) is 0 Å². The molecule has 0 amide bonds. The Morgan fingerprint density at radius 1 is 1.56 bits per heavy atom. The number of aromatic nitrogens is 1. The number of hydrogen-bond donors (Lipinski definition) is 1. The molecule has 1 atom stereocenters. The van der Waals surface area contributed by atoms with Crippen molar-refractivity contribution in [2.24, 2.45) is 0 Å². The van der Waals surface area contributed by atoms with Gasteiger partial charge in [0.2, 0.25) is 0 Å². The molecule has 0 bridgehead atoms. The van der Waals surface area contributed by atoms with Crippen molar-refractivity contribution in [2.75, 3.05) is 18.2 Å². The number of nitrogens with zero attached hydrogens (tertiary/aromatic N) is 1. The van der Waals surface area contributed by atoms with Crippen LogP contribution in [0.15, 0.2) is 29.8 Å². The van der Waals surface area contributed by atoms with Crippen LogP contribution in [0.1, 0.15) is 10.5 Å². The average molecular weight is 268 g/mol. The van der Waals surface area contributed by atoms with Crippen LogP contribution in [0, 0.1) is 0 Å². The minimum atomic E-state index is -3.10. The van der Waals surface area contributed by atoms with Gasteiger partial charge in [0.15, 0.2) is 9.84 Å². The molecule has 18 heavy (non-hydrogen) atoms. The van der Waals surface area contributed by atoms with Gasteiger partial charge in [0.05, 0.1) is 18.9 Å². The Hall–Kier alpha value is -1.89. The maximum Gasteiger partial charge on any atom is 0.356 e. The molecule has 0 saturated carbocycles. The van der Waals surface area contributed by atoms with E-state index in [-0.39, 0.29) is 17.5 Å². The molecule has 1 aromatic rings. The first-order valence-electron chi connectivity index (χ1n) is 5.22. The number of anilines is 1. The molecule has 1 aliphatic heterocycles. The molecule has 1 aromatic heterocycles. The van der Waals surface area contributed by atoms with E-state index in [2.05, 4.69) is 15.0 Å². The largest absolute Gasteiger partial charge is 0.464 e. The molecular formula is C11H12N2O4S. The normalized spacial score (nSPS) is 20.6. The van der Waals surface area contributed by atoms with Crippen LogP contribution in [-0.2, 0) is 14.6 Å². The van der Waals surface area contributed by atoms with E-state index in [0.717, 1.165) is 0 Å². The second kappa shape index (κ2) is 4.77.